The molecule has 0 aliphatic heterocycles. The minimum absolute atomic E-state index is 0.128. The summed E-state index contributed by atoms with van der Waals surface area (Å²) in [5, 5.41) is 2.82. The van der Waals surface area contributed by atoms with Crippen LogP contribution in [0.25, 0.3) is 0 Å². The van der Waals surface area contributed by atoms with Gasteiger partial charge in [0.15, 0.2) is 0 Å². The van der Waals surface area contributed by atoms with Crippen LogP contribution in [-0.2, 0) is 4.74 Å². The Labute approximate surface area is 86.1 Å². The quantitative estimate of drug-likeness (QED) is 0.786. The van der Waals surface area contributed by atoms with Crippen LogP contribution in [0.3, 0.4) is 0 Å². The van der Waals surface area contributed by atoms with Crippen molar-refractivity contribution in [3.8, 4) is 0 Å². The maximum absolute atomic E-state index is 11.6. The molecular formula is C10H12F3NO. The van der Waals surface area contributed by atoms with Crippen molar-refractivity contribution < 1.29 is 17.9 Å². The second-order valence-electron chi connectivity index (χ2n) is 3.09. The zero-order valence-electron chi connectivity index (χ0n) is 8.27. The molecule has 1 rings (SSSR count). The van der Waals surface area contributed by atoms with Crippen molar-refractivity contribution in [3.63, 3.8) is 0 Å². The molecule has 1 aromatic carbocycles. The van der Waals surface area contributed by atoms with Crippen molar-refractivity contribution in [2.75, 3.05) is 18.5 Å². The summed E-state index contributed by atoms with van der Waals surface area (Å²) in [6.07, 6.45) is -4.55. The molecule has 0 amide bonds. The minimum atomic E-state index is -4.55. The van der Waals surface area contributed by atoms with Gasteiger partial charge < -0.3 is 5.32 Å². The van der Waals surface area contributed by atoms with E-state index in [2.05, 4.69) is 10.1 Å². The number of ether oxygens (including phenoxy) is 1. The summed E-state index contributed by atoms with van der Waals surface area (Å²) in [6.45, 7) is 1.68. The largest absolute Gasteiger partial charge is 0.522 e. The van der Waals surface area contributed by atoms with Crippen molar-refractivity contribution in [2.45, 2.75) is 13.3 Å². The third-order valence-electron chi connectivity index (χ3n) is 1.75. The van der Waals surface area contributed by atoms with Gasteiger partial charge in [-0.15, -0.1) is 13.2 Å². The molecular weight excluding hydrogens is 207 g/mol. The second-order valence-corrected chi connectivity index (χ2v) is 3.09. The van der Waals surface area contributed by atoms with E-state index in [1.807, 2.05) is 31.2 Å². The second kappa shape index (κ2) is 5.02. The summed E-state index contributed by atoms with van der Waals surface area (Å²) in [6, 6.07) is 7.38. The number of anilines is 1. The summed E-state index contributed by atoms with van der Waals surface area (Å²) in [4.78, 5) is 0. The van der Waals surface area contributed by atoms with E-state index in [0.29, 0.717) is 0 Å². The molecule has 1 aromatic rings. The predicted molar refractivity (Wildman–Crippen MR) is 51.7 cm³/mol. The molecule has 15 heavy (non-hydrogen) atoms. The number of rotatable bonds is 4. The van der Waals surface area contributed by atoms with E-state index in [9.17, 15) is 13.2 Å². The van der Waals surface area contributed by atoms with E-state index in [1.54, 1.807) is 0 Å². The molecule has 5 heteroatoms. The first kappa shape index (κ1) is 11.8. The lowest BCUT2D eigenvalue weighted by atomic mass is 10.2. The highest BCUT2D eigenvalue weighted by atomic mass is 19.4. The molecule has 0 radical (unpaired) electrons. The first-order valence-electron chi connectivity index (χ1n) is 4.48. The van der Waals surface area contributed by atoms with Gasteiger partial charge in [-0.1, -0.05) is 17.7 Å². The van der Waals surface area contributed by atoms with Gasteiger partial charge in [-0.25, -0.2) is 0 Å². The molecule has 0 atom stereocenters. The van der Waals surface area contributed by atoms with Gasteiger partial charge in [-0.3, -0.25) is 4.74 Å². The normalized spacial score (nSPS) is 11.5. The molecule has 0 spiro atoms. The maximum Gasteiger partial charge on any atom is 0.522 e. The molecule has 84 valence electrons. The monoisotopic (exact) mass is 219 g/mol. The number of hydrogen-bond acceptors (Lipinski definition) is 2. The van der Waals surface area contributed by atoms with Crippen molar-refractivity contribution >= 4 is 5.69 Å². The zero-order valence-corrected chi connectivity index (χ0v) is 8.27. The van der Waals surface area contributed by atoms with E-state index >= 15 is 0 Å². The molecule has 0 aliphatic rings. The number of benzene rings is 1. The molecule has 0 saturated heterocycles. The lowest BCUT2D eigenvalue weighted by Gasteiger charge is -2.09. The van der Waals surface area contributed by atoms with Gasteiger partial charge in [0.2, 0.25) is 0 Å². The number of nitrogens with one attached hydrogen (secondary N) is 1. The first-order valence-corrected chi connectivity index (χ1v) is 4.48. The Morgan fingerprint density at radius 1 is 1.20 bits per heavy atom. The molecule has 0 aliphatic carbocycles. The number of alkyl halides is 3. The Morgan fingerprint density at radius 3 is 2.33 bits per heavy atom. The van der Waals surface area contributed by atoms with Crippen LogP contribution in [0.2, 0.25) is 0 Å². The molecule has 0 aromatic heterocycles. The maximum atomic E-state index is 11.6. The third kappa shape index (κ3) is 5.27. The van der Waals surface area contributed by atoms with E-state index in [4.69, 9.17) is 0 Å². The van der Waals surface area contributed by atoms with Crippen molar-refractivity contribution in [1.82, 2.24) is 0 Å². The molecule has 0 saturated carbocycles. The minimum Gasteiger partial charge on any atom is -0.383 e. The van der Waals surface area contributed by atoms with Crippen LogP contribution in [0, 0.1) is 6.92 Å². The van der Waals surface area contributed by atoms with Crippen LogP contribution in [0.1, 0.15) is 5.56 Å². The Hall–Kier alpha value is -1.23. The van der Waals surface area contributed by atoms with Crippen LogP contribution in [0.4, 0.5) is 18.9 Å². The molecule has 2 nitrogen and oxygen atoms in total. The highest BCUT2D eigenvalue weighted by Gasteiger charge is 2.28. The van der Waals surface area contributed by atoms with Crippen molar-refractivity contribution in [3.05, 3.63) is 29.8 Å². The molecule has 0 heterocycles. The Balaban J connectivity index is 2.23. The lowest BCUT2D eigenvalue weighted by Crippen LogP contribution is -2.19. The number of halogens is 3. The average molecular weight is 219 g/mol. The summed E-state index contributed by atoms with van der Waals surface area (Å²) in [5.41, 5.74) is 1.89. The standard InChI is InChI=1S/C10H12F3NO/c1-8-2-4-9(5-3-8)14-6-7-15-10(11,12)13/h2-5,14H,6-7H2,1H3. The summed E-state index contributed by atoms with van der Waals surface area (Å²) in [5.74, 6) is 0. The van der Waals surface area contributed by atoms with Gasteiger partial charge in [-0.2, -0.15) is 0 Å². The SMILES string of the molecule is Cc1ccc(NCCOC(F)(F)F)cc1. The van der Waals surface area contributed by atoms with Gasteiger partial charge in [0, 0.05) is 12.2 Å². The van der Waals surface area contributed by atoms with Crippen molar-refractivity contribution in [2.24, 2.45) is 0 Å². The fraction of sp³-hybridized carbons (Fsp3) is 0.400. The van der Waals surface area contributed by atoms with Gasteiger partial charge in [-0.05, 0) is 19.1 Å². The number of hydrogen-bond donors (Lipinski definition) is 1. The third-order valence-corrected chi connectivity index (χ3v) is 1.75. The fourth-order valence-corrected chi connectivity index (χ4v) is 1.03. The molecule has 0 fully saturated rings. The topological polar surface area (TPSA) is 21.3 Å². The molecule has 0 unspecified atom stereocenters. The van der Waals surface area contributed by atoms with Crippen LogP contribution in [-0.4, -0.2) is 19.5 Å². The summed E-state index contributed by atoms with van der Waals surface area (Å²) in [7, 11) is 0. The molecule has 0 bridgehead atoms. The average Bonchev–Trinajstić information content (AvgIpc) is 2.14. The fourth-order valence-electron chi connectivity index (χ4n) is 1.03. The highest BCUT2D eigenvalue weighted by molar-refractivity contribution is 5.44. The van der Waals surface area contributed by atoms with Crippen LogP contribution in [0.15, 0.2) is 24.3 Å². The summed E-state index contributed by atoms with van der Waals surface area (Å²) >= 11 is 0. The summed E-state index contributed by atoms with van der Waals surface area (Å²) < 4.78 is 38.4. The van der Waals surface area contributed by atoms with E-state index in [1.165, 1.54) is 0 Å². The van der Waals surface area contributed by atoms with Crippen LogP contribution in [0.5, 0.6) is 0 Å². The van der Waals surface area contributed by atoms with Crippen molar-refractivity contribution in [1.29, 1.82) is 0 Å². The Kier molecular flexibility index (Phi) is 3.96. The van der Waals surface area contributed by atoms with E-state index in [-0.39, 0.29) is 6.54 Å². The smallest absolute Gasteiger partial charge is 0.383 e. The van der Waals surface area contributed by atoms with Crippen LogP contribution >= 0.6 is 0 Å². The lowest BCUT2D eigenvalue weighted by molar-refractivity contribution is -0.322. The van der Waals surface area contributed by atoms with Gasteiger partial charge in [0.05, 0.1) is 6.61 Å². The zero-order chi connectivity index (χ0) is 11.3. The number of aryl methyl sites for hydroxylation is 1. The van der Waals surface area contributed by atoms with Gasteiger partial charge >= 0.3 is 6.36 Å². The van der Waals surface area contributed by atoms with E-state index in [0.717, 1.165) is 11.3 Å². The van der Waals surface area contributed by atoms with Gasteiger partial charge in [0.25, 0.3) is 0 Å². The Morgan fingerprint density at radius 2 is 1.80 bits per heavy atom. The molecule has 1 N–H and O–H groups in total. The predicted octanol–water partition coefficient (Wildman–Crippen LogP) is 2.94. The van der Waals surface area contributed by atoms with E-state index < -0.39 is 13.0 Å². The van der Waals surface area contributed by atoms with Crippen LogP contribution < -0.4 is 5.32 Å². The highest BCUT2D eigenvalue weighted by Crippen LogP contribution is 2.15. The van der Waals surface area contributed by atoms with Gasteiger partial charge in [0.1, 0.15) is 0 Å². The Bertz CT molecular complexity index is 295. The first-order chi connectivity index (χ1) is 6.97.